The molecule has 2 aromatic heterocycles. The Hall–Kier alpha value is -4.63. The largest absolute Gasteiger partial charge is 0.447 e. The predicted molar refractivity (Wildman–Crippen MR) is 136 cm³/mol. The predicted octanol–water partition coefficient (Wildman–Crippen LogP) is 3.63. The minimum Gasteiger partial charge on any atom is -0.447 e. The van der Waals surface area contributed by atoms with E-state index in [-0.39, 0.29) is 12.0 Å². The molecule has 0 radical (unpaired) electrons. The summed E-state index contributed by atoms with van der Waals surface area (Å²) in [4.78, 5) is 34.9. The van der Waals surface area contributed by atoms with Crippen LogP contribution in [-0.4, -0.2) is 38.2 Å². The number of pyridine rings is 1. The molecule has 4 aromatic rings. The van der Waals surface area contributed by atoms with Crippen LogP contribution in [0.15, 0.2) is 98.0 Å². The molecular formula is C27H22ClN5O4. The molecule has 186 valence electrons. The van der Waals surface area contributed by atoms with Gasteiger partial charge < -0.3 is 20.5 Å². The average Bonchev–Trinajstić information content (AvgIpc) is 3.61. The fraction of sp³-hybridized carbons (Fsp3) is 0.111. The van der Waals surface area contributed by atoms with Crippen LogP contribution in [0, 0.1) is 0 Å². The third-order valence-corrected chi connectivity index (χ3v) is 6.18. The maximum absolute atomic E-state index is 13.6. The van der Waals surface area contributed by atoms with Crippen molar-refractivity contribution in [2.75, 3.05) is 0 Å². The zero-order valence-electron chi connectivity index (χ0n) is 19.5. The summed E-state index contributed by atoms with van der Waals surface area (Å²) < 4.78 is 12.7. The van der Waals surface area contributed by atoms with Crippen LogP contribution in [0.25, 0.3) is 17.1 Å². The van der Waals surface area contributed by atoms with E-state index in [1.165, 1.54) is 12.5 Å². The van der Waals surface area contributed by atoms with Crippen LogP contribution < -0.4 is 11.1 Å². The minimum atomic E-state index is -1.90. The fourth-order valence-corrected chi connectivity index (χ4v) is 4.22. The number of amides is 2. The lowest BCUT2D eigenvalue weighted by atomic mass is 9.97. The van der Waals surface area contributed by atoms with E-state index in [9.17, 15) is 9.59 Å². The molecule has 0 spiro atoms. The van der Waals surface area contributed by atoms with E-state index in [1.807, 2.05) is 42.5 Å². The number of nitrogens with two attached hydrogens (primary N) is 1. The number of halogens is 1. The van der Waals surface area contributed by atoms with E-state index in [0.29, 0.717) is 16.5 Å². The molecule has 1 aliphatic rings. The van der Waals surface area contributed by atoms with Crippen LogP contribution in [-0.2, 0) is 20.7 Å². The number of nitrogens with zero attached hydrogens (tertiary/aromatic N) is 3. The summed E-state index contributed by atoms with van der Waals surface area (Å²) in [5, 5.41) is 3.50. The van der Waals surface area contributed by atoms with Gasteiger partial charge in [-0.2, -0.15) is 0 Å². The maximum Gasteiger partial charge on any atom is 0.352 e. The lowest BCUT2D eigenvalue weighted by molar-refractivity contribution is -0.182. The number of aromatic nitrogens is 3. The van der Waals surface area contributed by atoms with Crippen molar-refractivity contribution in [3.05, 3.63) is 114 Å². The van der Waals surface area contributed by atoms with Crippen molar-refractivity contribution in [2.24, 2.45) is 5.73 Å². The first-order valence-corrected chi connectivity index (χ1v) is 11.7. The van der Waals surface area contributed by atoms with Gasteiger partial charge in [0.2, 0.25) is 0 Å². The highest BCUT2D eigenvalue weighted by Crippen LogP contribution is 2.28. The SMILES string of the molecule is NC(=O)C1(C(Cc2ccccc2)NC(=O)c2cccnc2-n2cnc(-c3ccc(Cl)cc3)c2)OC=CO1. The number of carbonyl (C=O) groups is 2. The molecule has 0 bridgehead atoms. The van der Waals surface area contributed by atoms with Crippen molar-refractivity contribution >= 4 is 23.4 Å². The molecule has 10 heteroatoms. The molecule has 37 heavy (non-hydrogen) atoms. The van der Waals surface area contributed by atoms with E-state index in [1.54, 1.807) is 47.6 Å². The first-order chi connectivity index (χ1) is 18.0. The lowest BCUT2D eigenvalue weighted by Gasteiger charge is -2.33. The molecule has 9 nitrogen and oxygen atoms in total. The van der Waals surface area contributed by atoms with Gasteiger partial charge in [0.1, 0.15) is 24.9 Å². The van der Waals surface area contributed by atoms with Crippen LogP contribution in [0.5, 0.6) is 0 Å². The Morgan fingerprint density at radius 3 is 2.43 bits per heavy atom. The summed E-state index contributed by atoms with van der Waals surface area (Å²) in [6.07, 6.45) is 7.60. The monoisotopic (exact) mass is 515 g/mol. The molecule has 0 fully saturated rings. The molecule has 0 saturated carbocycles. The Kier molecular flexibility index (Phi) is 6.61. The normalized spacial score (nSPS) is 14.4. The molecule has 1 atom stereocenters. The van der Waals surface area contributed by atoms with Gasteiger partial charge in [-0.3, -0.25) is 14.2 Å². The van der Waals surface area contributed by atoms with Crippen LogP contribution >= 0.6 is 11.6 Å². The first kappa shape index (κ1) is 24.1. The molecule has 0 saturated heterocycles. The summed E-state index contributed by atoms with van der Waals surface area (Å²) in [6, 6.07) is 18.9. The summed E-state index contributed by atoms with van der Waals surface area (Å²) in [5.74, 6) is -2.91. The molecule has 1 aliphatic heterocycles. The van der Waals surface area contributed by atoms with Crippen molar-refractivity contribution in [3.8, 4) is 17.1 Å². The number of ether oxygens (including phenoxy) is 2. The van der Waals surface area contributed by atoms with Crippen molar-refractivity contribution in [1.82, 2.24) is 19.9 Å². The van der Waals surface area contributed by atoms with E-state index in [2.05, 4.69) is 15.3 Å². The number of carbonyl (C=O) groups excluding carboxylic acids is 2. The summed E-state index contributed by atoms with van der Waals surface area (Å²) in [5.41, 5.74) is 8.32. The van der Waals surface area contributed by atoms with Crippen LogP contribution in [0.1, 0.15) is 15.9 Å². The van der Waals surface area contributed by atoms with E-state index >= 15 is 0 Å². The number of rotatable bonds is 8. The highest BCUT2D eigenvalue weighted by atomic mass is 35.5. The van der Waals surface area contributed by atoms with Gasteiger partial charge in [0.15, 0.2) is 5.82 Å². The van der Waals surface area contributed by atoms with Gasteiger partial charge in [-0.1, -0.05) is 54.1 Å². The molecule has 3 N–H and O–H groups in total. The second kappa shape index (κ2) is 10.2. The summed E-state index contributed by atoms with van der Waals surface area (Å²) in [7, 11) is 0. The van der Waals surface area contributed by atoms with Crippen molar-refractivity contribution in [2.45, 2.75) is 18.2 Å². The Morgan fingerprint density at radius 2 is 1.73 bits per heavy atom. The number of imidazole rings is 1. The Balaban J connectivity index is 1.46. The molecular weight excluding hydrogens is 494 g/mol. The van der Waals surface area contributed by atoms with Crippen LogP contribution in [0.4, 0.5) is 0 Å². The smallest absolute Gasteiger partial charge is 0.352 e. The van der Waals surface area contributed by atoms with Gasteiger partial charge in [-0.15, -0.1) is 0 Å². The zero-order valence-corrected chi connectivity index (χ0v) is 20.2. The van der Waals surface area contributed by atoms with Gasteiger partial charge in [-0.25, -0.2) is 9.97 Å². The molecule has 3 heterocycles. The summed E-state index contributed by atoms with van der Waals surface area (Å²) >= 11 is 5.99. The zero-order chi connectivity index (χ0) is 25.8. The Bertz CT molecular complexity index is 1450. The van der Waals surface area contributed by atoms with E-state index in [0.717, 1.165) is 11.1 Å². The number of hydrogen-bond donors (Lipinski definition) is 2. The Labute approximate surface area is 217 Å². The van der Waals surface area contributed by atoms with Crippen molar-refractivity contribution < 1.29 is 19.1 Å². The lowest BCUT2D eigenvalue weighted by Crippen LogP contribution is -2.61. The minimum absolute atomic E-state index is 0.221. The molecule has 1 unspecified atom stereocenters. The number of benzene rings is 2. The van der Waals surface area contributed by atoms with E-state index in [4.69, 9.17) is 26.8 Å². The van der Waals surface area contributed by atoms with Crippen molar-refractivity contribution in [3.63, 3.8) is 0 Å². The highest BCUT2D eigenvalue weighted by Gasteiger charge is 2.51. The second-order valence-electron chi connectivity index (χ2n) is 8.30. The van der Waals surface area contributed by atoms with Gasteiger partial charge in [0.05, 0.1) is 11.3 Å². The quantitative estimate of drug-likeness (QED) is 0.369. The third-order valence-electron chi connectivity index (χ3n) is 5.93. The standard InChI is InChI=1S/C27H22ClN5O4/c28-20-10-8-19(9-11-20)22-16-33(17-31-22)24-21(7-4-12-30-24)25(34)32-23(15-18-5-2-1-3-6-18)27(26(29)35)36-13-14-37-27/h1-14,16-17,23H,15H2,(H2,29,35)(H,32,34). The molecule has 0 aliphatic carbocycles. The fourth-order valence-electron chi connectivity index (χ4n) is 4.09. The average molecular weight is 516 g/mol. The van der Waals surface area contributed by atoms with Crippen LogP contribution in [0.3, 0.4) is 0 Å². The maximum atomic E-state index is 13.6. The first-order valence-electron chi connectivity index (χ1n) is 11.4. The second-order valence-corrected chi connectivity index (χ2v) is 8.74. The van der Waals surface area contributed by atoms with E-state index < -0.39 is 23.6 Å². The summed E-state index contributed by atoms with van der Waals surface area (Å²) in [6.45, 7) is 0. The number of nitrogens with one attached hydrogen (secondary N) is 1. The number of primary amides is 1. The van der Waals surface area contributed by atoms with Gasteiger partial charge in [-0.05, 0) is 29.8 Å². The highest BCUT2D eigenvalue weighted by molar-refractivity contribution is 6.30. The number of hydrogen-bond acceptors (Lipinski definition) is 6. The van der Waals surface area contributed by atoms with Gasteiger partial charge in [0, 0.05) is 29.4 Å². The Morgan fingerprint density at radius 1 is 1.00 bits per heavy atom. The third kappa shape index (κ3) is 4.89. The van der Waals surface area contributed by atoms with Crippen molar-refractivity contribution in [1.29, 1.82) is 0 Å². The molecule has 2 amide bonds. The van der Waals surface area contributed by atoms with Gasteiger partial charge in [0.25, 0.3) is 5.91 Å². The molecule has 5 rings (SSSR count). The van der Waals surface area contributed by atoms with Crippen LogP contribution in [0.2, 0.25) is 5.02 Å². The molecule has 2 aromatic carbocycles. The topological polar surface area (TPSA) is 121 Å². The van der Waals surface area contributed by atoms with Gasteiger partial charge >= 0.3 is 11.7 Å².